The standard InChI is InChI=1S/C28H30F3N7O2/c1-15(17-8-19(28(29,30)31)12-20(32)9-17)34-26-23-13-21(6-7-24(23)35-16(2)36-26)38(5)22-10-18(27(40)33-14-22)11-25(39)37(3)4/h6-10,12-15H,11,32H2,1-5H3,(H,33,40)(H,34,35,36)/t15-/m1/s1. The number of hydrogen-bond acceptors (Lipinski definition) is 8. The highest BCUT2D eigenvalue weighted by Crippen LogP contribution is 2.35. The third kappa shape index (κ3) is 6.16. The number of nitrogens with zero attached hydrogens (tertiary/aromatic N) is 5. The lowest BCUT2D eigenvalue weighted by Gasteiger charge is -2.22. The molecule has 1 atom stereocenters. The molecule has 0 aliphatic carbocycles. The van der Waals surface area contributed by atoms with Gasteiger partial charge in [0.2, 0.25) is 11.8 Å². The minimum Gasteiger partial charge on any atom is -0.493 e. The van der Waals surface area contributed by atoms with Crippen molar-refractivity contribution in [1.82, 2.24) is 19.9 Å². The number of aromatic hydroxyl groups is 1. The van der Waals surface area contributed by atoms with E-state index in [0.717, 1.165) is 17.8 Å². The predicted molar refractivity (Wildman–Crippen MR) is 149 cm³/mol. The fourth-order valence-corrected chi connectivity index (χ4v) is 4.20. The van der Waals surface area contributed by atoms with Crippen molar-refractivity contribution in [1.29, 1.82) is 0 Å². The second kappa shape index (κ2) is 10.9. The second-order valence-electron chi connectivity index (χ2n) is 9.77. The third-order valence-electron chi connectivity index (χ3n) is 6.49. The summed E-state index contributed by atoms with van der Waals surface area (Å²) in [5, 5.41) is 14.1. The number of nitrogens with two attached hydrogens (primary N) is 1. The summed E-state index contributed by atoms with van der Waals surface area (Å²) in [6.45, 7) is 3.46. The molecule has 0 saturated heterocycles. The van der Waals surface area contributed by atoms with Crippen LogP contribution in [0, 0.1) is 6.92 Å². The molecular formula is C28H30F3N7O2. The van der Waals surface area contributed by atoms with Crippen LogP contribution in [0.15, 0.2) is 48.7 Å². The Morgan fingerprint density at radius 2 is 1.80 bits per heavy atom. The van der Waals surface area contributed by atoms with Crippen LogP contribution in [0.3, 0.4) is 0 Å². The topological polar surface area (TPSA) is 120 Å². The second-order valence-corrected chi connectivity index (χ2v) is 9.77. The zero-order valence-electron chi connectivity index (χ0n) is 22.7. The molecule has 4 aromatic rings. The highest BCUT2D eigenvalue weighted by Gasteiger charge is 2.31. The van der Waals surface area contributed by atoms with E-state index in [1.54, 1.807) is 34.0 Å². The summed E-state index contributed by atoms with van der Waals surface area (Å²) in [5.41, 5.74) is 7.72. The molecule has 210 valence electrons. The van der Waals surface area contributed by atoms with Gasteiger partial charge >= 0.3 is 6.18 Å². The van der Waals surface area contributed by atoms with E-state index in [4.69, 9.17) is 5.73 Å². The first-order valence-electron chi connectivity index (χ1n) is 12.4. The molecule has 9 nitrogen and oxygen atoms in total. The summed E-state index contributed by atoms with van der Waals surface area (Å²) >= 11 is 0. The van der Waals surface area contributed by atoms with Crippen LogP contribution >= 0.6 is 0 Å². The average molecular weight is 554 g/mol. The van der Waals surface area contributed by atoms with Crippen molar-refractivity contribution < 1.29 is 23.1 Å². The lowest BCUT2D eigenvalue weighted by atomic mass is 10.0. The van der Waals surface area contributed by atoms with Crippen molar-refractivity contribution >= 4 is 39.7 Å². The molecular weight excluding hydrogens is 523 g/mol. The lowest BCUT2D eigenvalue weighted by Crippen LogP contribution is -2.23. The average Bonchev–Trinajstić information content (AvgIpc) is 2.88. The maximum absolute atomic E-state index is 13.4. The number of rotatable bonds is 7. The van der Waals surface area contributed by atoms with Crippen LogP contribution in [0.4, 0.5) is 36.1 Å². The summed E-state index contributed by atoms with van der Waals surface area (Å²) in [5.74, 6) is 0.542. The van der Waals surface area contributed by atoms with Crippen LogP contribution in [0.5, 0.6) is 5.88 Å². The molecule has 2 heterocycles. The largest absolute Gasteiger partial charge is 0.493 e. The van der Waals surface area contributed by atoms with Gasteiger partial charge in [0.1, 0.15) is 11.6 Å². The van der Waals surface area contributed by atoms with Crippen molar-refractivity contribution in [2.24, 2.45) is 0 Å². The molecule has 0 spiro atoms. The molecule has 0 aliphatic rings. The quantitative estimate of drug-likeness (QED) is 0.267. The number of likely N-dealkylation sites (N-methyl/N-ethyl adjacent to an activating group) is 1. The molecule has 4 N–H and O–H groups in total. The van der Waals surface area contributed by atoms with E-state index in [1.807, 2.05) is 30.1 Å². The Kier molecular flexibility index (Phi) is 7.72. The van der Waals surface area contributed by atoms with E-state index >= 15 is 0 Å². The Bertz CT molecular complexity index is 1570. The third-order valence-corrected chi connectivity index (χ3v) is 6.49. The fourth-order valence-electron chi connectivity index (χ4n) is 4.20. The van der Waals surface area contributed by atoms with Gasteiger partial charge in [0.25, 0.3) is 0 Å². The van der Waals surface area contributed by atoms with E-state index in [1.165, 1.54) is 17.2 Å². The van der Waals surface area contributed by atoms with Crippen molar-refractivity contribution in [2.75, 3.05) is 37.1 Å². The SMILES string of the molecule is Cc1nc(N[C@H](C)c2cc(N)cc(C(F)(F)F)c2)c2cc(N(C)c3cnc(O)c(CC(=O)N(C)C)c3)ccc2n1. The number of carbonyl (C=O) groups excluding carboxylic acids is 1. The first-order chi connectivity index (χ1) is 18.7. The monoisotopic (exact) mass is 553 g/mol. The molecule has 1 amide bonds. The van der Waals surface area contributed by atoms with E-state index in [-0.39, 0.29) is 23.9 Å². The summed E-state index contributed by atoms with van der Waals surface area (Å²) in [6.07, 6.45) is -3.04. The van der Waals surface area contributed by atoms with Gasteiger partial charge < -0.3 is 26.0 Å². The minimum atomic E-state index is -4.52. The normalized spacial score (nSPS) is 12.3. The van der Waals surface area contributed by atoms with Crippen molar-refractivity contribution in [3.63, 3.8) is 0 Å². The van der Waals surface area contributed by atoms with Gasteiger partial charge in [-0.15, -0.1) is 0 Å². The van der Waals surface area contributed by atoms with Crippen LogP contribution < -0.4 is 16.0 Å². The number of alkyl halides is 3. The Hall–Kier alpha value is -4.61. The number of carbonyl (C=O) groups is 1. The van der Waals surface area contributed by atoms with Crippen molar-refractivity contribution in [2.45, 2.75) is 32.5 Å². The summed E-state index contributed by atoms with van der Waals surface area (Å²) in [6, 6.07) is 10.1. The van der Waals surface area contributed by atoms with Gasteiger partial charge in [-0.2, -0.15) is 13.2 Å². The van der Waals surface area contributed by atoms with Crippen LogP contribution in [0.2, 0.25) is 0 Å². The summed E-state index contributed by atoms with van der Waals surface area (Å²) in [4.78, 5) is 28.5. The van der Waals surface area contributed by atoms with E-state index in [0.29, 0.717) is 39.4 Å². The number of fused-ring (bicyclic) bond motifs is 1. The maximum Gasteiger partial charge on any atom is 0.416 e. The van der Waals surface area contributed by atoms with E-state index in [9.17, 15) is 23.1 Å². The predicted octanol–water partition coefficient (Wildman–Crippen LogP) is 5.21. The number of aryl methyl sites for hydroxylation is 1. The smallest absolute Gasteiger partial charge is 0.416 e. The highest BCUT2D eigenvalue weighted by molar-refractivity contribution is 5.92. The molecule has 0 aliphatic heterocycles. The summed E-state index contributed by atoms with van der Waals surface area (Å²) in [7, 11) is 5.08. The van der Waals surface area contributed by atoms with Gasteiger partial charge in [-0.1, -0.05) is 0 Å². The summed E-state index contributed by atoms with van der Waals surface area (Å²) < 4.78 is 40.1. The number of nitrogen functional groups attached to an aromatic ring is 1. The van der Waals surface area contributed by atoms with Gasteiger partial charge in [0.15, 0.2) is 0 Å². The van der Waals surface area contributed by atoms with Crippen LogP contribution in [0.1, 0.15) is 35.5 Å². The first kappa shape index (κ1) is 28.4. The van der Waals surface area contributed by atoms with Crippen molar-refractivity contribution in [3.8, 4) is 5.88 Å². The Balaban J connectivity index is 1.69. The molecule has 2 aromatic heterocycles. The molecule has 0 fully saturated rings. The maximum atomic E-state index is 13.4. The van der Waals surface area contributed by atoms with Gasteiger partial charge in [0.05, 0.1) is 35.4 Å². The Morgan fingerprint density at radius 3 is 2.48 bits per heavy atom. The van der Waals surface area contributed by atoms with Gasteiger partial charge in [-0.05, 0) is 61.9 Å². The molecule has 0 saturated carbocycles. The molecule has 4 rings (SSSR count). The number of nitrogens with one attached hydrogen (secondary N) is 1. The van der Waals surface area contributed by atoms with E-state index < -0.39 is 17.8 Å². The zero-order chi connectivity index (χ0) is 29.4. The van der Waals surface area contributed by atoms with E-state index in [2.05, 4.69) is 20.3 Å². The number of aromatic nitrogens is 3. The van der Waals surface area contributed by atoms with Gasteiger partial charge in [0, 0.05) is 43.5 Å². The number of benzene rings is 2. The van der Waals surface area contributed by atoms with Crippen LogP contribution in [-0.2, 0) is 17.4 Å². The molecule has 40 heavy (non-hydrogen) atoms. The first-order valence-corrected chi connectivity index (χ1v) is 12.4. The van der Waals surface area contributed by atoms with Gasteiger partial charge in [-0.3, -0.25) is 4.79 Å². The molecule has 0 bridgehead atoms. The van der Waals surface area contributed by atoms with Crippen molar-refractivity contribution in [3.05, 3.63) is 71.2 Å². The minimum absolute atomic E-state index is 0.00956. The van der Waals surface area contributed by atoms with Gasteiger partial charge in [-0.25, -0.2) is 15.0 Å². The molecule has 12 heteroatoms. The number of amides is 1. The Labute approximate surface area is 229 Å². The number of anilines is 4. The van der Waals surface area contributed by atoms with Crippen LogP contribution in [0.25, 0.3) is 10.9 Å². The number of halogens is 3. The molecule has 2 aromatic carbocycles. The number of pyridine rings is 1. The lowest BCUT2D eigenvalue weighted by molar-refractivity contribution is -0.137. The highest BCUT2D eigenvalue weighted by atomic mass is 19.4. The van der Waals surface area contributed by atoms with Crippen LogP contribution in [-0.4, -0.2) is 52.0 Å². The Morgan fingerprint density at radius 1 is 1.07 bits per heavy atom. The fraction of sp³-hybridized carbons (Fsp3) is 0.286. The zero-order valence-corrected chi connectivity index (χ0v) is 22.7. The molecule has 0 unspecified atom stereocenters. The molecule has 0 radical (unpaired) electrons. The number of hydrogen-bond donors (Lipinski definition) is 3.